The van der Waals surface area contributed by atoms with Gasteiger partial charge in [-0.25, -0.2) is 0 Å². The summed E-state index contributed by atoms with van der Waals surface area (Å²) in [6, 6.07) is 1.66. The molecule has 0 spiro atoms. The second-order valence-electron chi connectivity index (χ2n) is 3.42. The van der Waals surface area contributed by atoms with Gasteiger partial charge in [0, 0.05) is 0 Å². The Bertz CT molecular complexity index is 331. The summed E-state index contributed by atoms with van der Waals surface area (Å²) >= 11 is 0.180. The SMILES string of the molecule is O=[N+]([O-])c1cc[se]c1N1CCCCC1. The Hall–Kier alpha value is -0.801. The van der Waals surface area contributed by atoms with Crippen LogP contribution < -0.4 is 4.90 Å². The molecule has 1 aliphatic rings. The van der Waals surface area contributed by atoms with Gasteiger partial charge in [0.05, 0.1) is 0 Å². The van der Waals surface area contributed by atoms with Gasteiger partial charge < -0.3 is 0 Å². The van der Waals surface area contributed by atoms with Crippen LogP contribution in [0.25, 0.3) is 0 Å². The molecule has 14 heavy (non-hydrogen) atoms. The van der Waals surface area contributed by atoms with Crippen molar-refractivity contribution >= 4 is 24.8 Å². The van der Waals surface area contributed by atoms with E-state index in [-0.39, 0.29) is 19.4 Å². The zero-order valence-corrected chi connectivity index (χ0v) is 9.52. The molecule has 0 unspecified atom stereocenters. The van der Waals surface area contributed by atoms with Crippen LogP contribution in [0.15, 0.2) is 11.0 Å². The molecule has 2 heterocycles. The van der Waals surface area contributed by atoms with E-state index in [9.17, 15) is 10.1 Å². The van der Waals surface area contributed by atoms with E-state index in [0.717, 1.165) is 17.7 Å². The zero-order valence-electron chi connectivity index (χ0n) is 7.81. The zero-order chi connectivity index (χ0) is 9.97. The minimum atomic E-state index is -0.255. The molecule has 1 aromatic rings. The number of rotatable bonds is 2. The Balaban J connectivity index is 2.21. The maximum atomic E-state index is 10.7. The minimum absolute atomic E-state index is 0.180. The van der Waals surface area contributed by atoms with Crippen LogP contribution in [0.5, 0.6) is 0 Å². The van der Waals surface area contributed by atoms with Gasteiger partial charge in [-0.1, -0.05) is 0 Å². The number of nitrogens with zero attached hydrogens (tertiary/aromatic N) is 2. The Labute approximate surface area is 88.4 Å². The van der Waals surface area contributed by atoms with E-state index in [1.165, 1.54) is 19.3 Å². The van der Waals surface area contributed by atoms with Gasteiger partial charge in [0.1, 0.15) is 0 Å². The fraction of sp³-hybridized carbons (Fsp3) is 0.556. The van der Waals surface area contributed by atoms with Gasteiger partial charge in [-0.05, 0) is 0 Å². The van der Waals surface area contributed by atoms with Crippen molar-refractivity contribution in [1.82, 2.24) is 0 Å². The molecule has 0 aliphatic carbocycles. The summed E-state index contributed by atoms with van der Waals surface area (Å²) in [5.41, 5.74) is 0.326. The van der Waals surface area contributed by atoms with Crippen LogP contribution in [0, 0.1) is 10.1 Å². The summed E-state index contributed by atoms with van der Waals surface area (Å²) in [5.74, 6) is 0. The Morgan fingerprint density at radius 2 is 2.07 bits per heavy atom. The maximum absolute atomic E-state index is 10.7. The average molecular weight is 259 g/mol. The number of nitro groups is 1. The van der Waals surface area contributed by atoms with Crippen molar-refractivity contribution in [2.75, 3.05) is 18.0 Å². The van der Waals surface area contributed by atoms with E-state index in [2.05, 4.69) is 4.90 Å². The quantitative estimate of drug-likeness (QED) is 0.461. The molecule has 1 aliphatic heterocycles. The summed E-state index contributed by atoms with van der Waals surface area (Å²) in [4.78, 5) is 14.6. The first-order valence-corrected chi connectivity index (χ1v) is 6.60. The van der Waals surface area contributed by atoms with E-state index in [0.29, 0.717) is 5.69 Å². The molecule has 0 N–H and O–H groups in total. The van der Waals surface area contributed by atoms with Gasteiger partial charge in [-0.2, -0.15) is 0 Å². The number of hydrogen-bond donors (Lipinski definition) is 0. The van der Waals surface area contributed by atoms with Crippen LogP contribution in [0.2, 0.25) is 0 Å². The number of hydrogen-bond acceptors (Lipinski definition) is 3. The van der Waals surface area contributed by atoms with Crippen molar-refractivity contribution in [3.8, 4) is 0 Å². The molecule has 1 aromatic heterocycles. The van der Waals surface area contributed by atoms with Crippen molar-refractivity contribution in [2.45, 2.75) is 19.3 Å². The molecule has 0 atom stereocenters. The van der Waals surface area contributed by atoms with Gasteiger partial charge >= 0.3 is 88.0 Å². The van der Waals surface area contributed by atoms with E-state index < -0.39 is 0 Å². The van der Waals surface area contributed by atoms with Gasteiger partial charge in [-0.3, -0.25) is 0 Å². The Morgan fingerprint density at radius 1 is 1.36 bits per heavy atom. The molecule has 0 radical (unpaired) electrons. The topological polar surface area (TPSA) is 46.4 Å². The van der Waals surface area contributed by atoms with Gasteiger partial charge in [0.25, 0.3) is 0 Å². The Kier molecular flexibility index (Phi) is 2.89. The van der Waals surface area contributed by atoms with E-state index in [4.69, 9.17) is 0 Å². The van der Waals surface area contributed by atoms with Gasteiger partial charge in [-0.15, -0.1) is 0 Å². The summed E-state index contributed by atoms with van der Waals surface area (Å²) in [5, 5.41) is 10.7. The monoisotopic (exact) mass is 260 g/mol. The predicted octanol–water partition coefficient (Wildman–Crippen LogP) is 1.64. The van der Waals surface area contributed by atoms with Crippen molar-refractivity contribution in [3.63, 3.8) is 0 Å². The number of piperidine rings is 1. The molecule has 0 amide bonds. The Morgan fingerprint density at radius 3 is 2.71 bits per heavy atom. The first kappa shape index (κ1) is 9.74. The van der Waals surface area contributed by atoms with Crippen molar-refractivity contribution in [3.05, 3.63) is 21.1 Å². The fourth-order valence-electron chi connectivity index (χ4n) is 1.77. The molecule has 1 fully saturated rings. The fourth-order valence-corrected chi connectivity index (χ4v) is 3.70. The normalized spacial score (nSPS) is 17.0. The summed E-state index contributed by atoms with van der Waals surface area (Å²) in [6.45, 7) is 1.99. The van der Waals surface area contributed by atoms with Crippen LogP contribution in [0.4, 0.5) is 10.2 Å². The first-order chi connectivity index (χ1) is 6.79. The van der Waals surface area contributed by atoms with Crippen LogP contribution in [-0.4, -0.2) is 32.5 Å². The molecule has 1 saturated heterocycles. The predicted molar refractivity (Wildman–Crippen MR) is 56.1 cm³/mol. The molecule has 0 saturated carbocycles. The van der Waals surface area contributed by atoms with Crippen LogP contribution in [0.3, 0.4) is 0 Å². The van der Waals surface area contributed by atoms with Gasteiger partial charge in [0.2, 0.25) is 0 Å². The molecule has 4 nitrogen and oxygen atoms in total. The molecule has 0 aromatic carbocycles. The van der Waals surface area contributed by atoms with Crippen LogP contribution in [0.1, 0.15) is 19.3 Å². The summed E-state index contributed by atoms with van der Waals surface area (Å²) < 4.78 is 0.974. The molecular weight excluding hydrogens is 247 g/mol. The van der Waals surface area contributed by atoms with Gasteiger partial charge in [0.15, 0.2) is 0 Å². The molecule has 76 valence electrons. The van der Waals surface area contributed by atoms with E-state index in [1.807, 2.05) is 4.94 Å². The van der Waals surface area contributed by atoms with Crippen LogP contribution >= 0.6 is 0 Å². The number of anilines is 1. The van der Waals surface area contributed by atoms with Crippen molar-refractivity contribution in [1.29, 1.82) is 0 Å². The average Bonchev–Trinajstić information content (AvgIpc) is 2.67. The molecular formula is C9H12N2O2Se. The first-order valence-electron chi connectivity index (χ1n) is 4.76. The third-order valence-electron chi connectivity index (χ3n) is 2.46. The molecule has 5 heteroatoms. The summed E-state index contributed by atoms with van der Waals surface area (Å²) in [6.07, 6.45) is 3.60. The van der Waals surface area contributed by atoms with Crippen LogP contribution in [-0.2, 0) is 0 Å². The van der Waals surface area contributed by atoms with E-state index >= 15 is 0 Å². The third kappa shape index (κ3) is 1.83. The van der Waals surface area contributed by atoms with Crippen molar-refractivity contribution in [2.24, 2.45) is 0 Å². The third-order valence-corrected chi connectivity index (χ3v) is 4.48. The second kappa shape index (κ2) is 4.15. The molecule has 0 bridgehead atoms. The standard InChI is InChI=1S/C9H12N2O2Se/c12-11(13)8-4-7-14-9(8)10-5-2-1-3-6-10/h4,7H,1-3,5-6H2. The summed E-state index contributed by atoms with van der Waals surface area (Å²) in [7, 11) is 0. The van der Waals surface area contributed by atoms with Crippen molar-refractivity contribution < 1.29 is 4.92 Å². The molecule has 2 rings (SSSR count). The van der Waals surface area contributed by atoms with E-state index in [1.54, 1.807) is 6.07 Å². The second-order valence-corrected chi connectivity index (χ2v) is 5.29.